The molecule has 2 heteroatoms. The molecule has 0 saturated carbocycles. The second-order valence-electron chi connectivity index (χ2n) is 4.43. The Labute approximate surface area is 90.5 Å². The number of nitrogens with two attached hydrogens (primary N) is 1. The van der Waals surface area contributed by atoms with Gasteiger partial charge >= 0.3 is 0 Å². The van der Waals surface area contributed by atoms with Gasteiger partial charge in [-0.25, -0.2) is 0 Å². The first kappa shape index (κ1) is 10.2. The Morgan fingerprint density at radius 3 is 2.67 bits per heavy atom. The summed E-state index contributed by atoms with van der Waals surface area (Å²) in [5.41, 5.74) is 9.60. The molecule has 1 aromatic carbocycles. The zero-order chi connectivity index (χ0) is 10.8. The van der Waals surface area contributed by atoms with E-state index in [1.165, 1.54) is 22.2 Å². The Hall–Kier alpha value is -1.28. The molecule has 0 amide bonds. The maximum absolute atomic E-state index is 5.82. The van der Waals surface area contributed by atoms with Crippen LogP contribution in [0, 0.1) is 5.92 Å². The molecule has 0 aliphatic carbocycles. The topological polar surface area (TPSA) is 41.8 Å². The molecular weight excluding hydrogens is 184 g/mol. The summed E-state index contributed by atoms with van der Waals surface area (Å²) in [5.74, 6) is 0.656. The molecule has 2 nitrogen and oxygen atoms in total. The van der Waals surface area contributed by atoms with Gasteiger partial charge in [-0.3, -0.25) is 0 Å². The minimum atomic E-state index is 0.617. The largest absolute Gasteiger partial charge is 0.358 e. The van der Waals surface area contributed by atoms with Crippen molar-refractivity contribution < 1.29 is 0 Å². The van der Waals surface area contributed by atoms with Gasteiger partial charge in [0, 0.05) is 23.1 Å². The average molecular weight is 202 g/mol. The van der Waals surface area contributed by atoms with Gasteiger partial charge in [-0.2, -0.15) is 0 Å². The highest BCUT2D eigenvalue weighted by Crippen LogP contribution is 2.23. The number of para-hydroxylation sites is 1. The third kappa shape index (κ3) is 1.90. The first-order valence-electron chi connectivity index (χ1n) is 5.51. The van der Waals surface area contributed by atoms with Gasteiger partial charge in [0.15, 0.2) is 0 Å². The lowest BCUT2D eigenvalue weighted by Crippen LogP contribution is -2.02. The zero-order valence-corrected chi connectivity index (χ0v) is 9.38. The summed E-state index contributed by atoms with van der Waals surface area (Å²) >= 11 is 0. The highest BCUT2D eigenvalue weighted by atomic mass is 14.7. The second-order valence-corrected chi connectivity index (χ2v) is 4.43. The quantitative estimate of drug-likeness (QED) is 0.789. The van der Waals surface area contributed by atoms with Crippen LogP contribution in [0.1, 0.15) is 25.1 Å². The van der Waals surface area contributed by atoms with Crippen molar-refractivity contribution in [1.29, 1.82) is 0 Å². The minimum absolute atomic E-state index is 0.617. The van der Waals surface area contributed by atoms with E-state index < -0.39 is 0 Å². The van der Waals surface area contributed by atoms with Crippen LogP contribution in [0.4, 0.5) is 0 Å². The van der Waals surface area contributed by atoms with Crippen molar-refractivity contribution in [3.8, 4) is 0 Å². The molecule has 0 saturated heterocycles. The molecule has 2 aromatic rings. The summed E-state index contributed by atoms with van der Waals surface area (Å²) in [7, 11) is 0. The van der Waals surface area contributed by atoms with Crippen LogP contribution < -0.4 is 5.73 Å². The fourth-order valence-electron chi connectivity index (χ4n) is 2.07. The number of aromatic nitrogens is 1. The number of hydrogen-bond acceptors (Lipinski definition) is 1. The monoisotopic (exact) mass is 202 g/mol. The molecule has 1 aromatic heterocycles. The predicted molar refractivity (Wildman–Crippen MR) is 64.7 cm³/mol. The van der Waals surface area contributed by atoms with Gasteiger partial charge < -0.3 is 10.7 Å². The number of nitrogens with one attached hydrogen (secondary N) is 1. The van der Waals surface area contributed by atoms with Crippen molar-refractivity contribution in [1.82, 2.24) is 4.98 Å². The Bertz CT molecular complexity index is 455. The lowest BCUT2D eigenvalue weighted by molar-refractivity contribution is 0.634. The lowest BCUT2D eigenvalue weighted by Gasteiger charge is -2.04. The number of rotatable bonds is 3. The smallest absolute Gasteiger partial charge is 0.0459 e. The average Bonchev–Trinajstić information content (AvgIpc) is 2.53. The van der Waals surface area contributed by atoms with Gasteiger partial charge in [0.05, 0.1) is 0 Å². The molecule has 0 aliphatic rings. The molecule has 0 atom stereocenters. The van der Waals surface area contributed by atoms with E-state index in [9.17, 15) is 0 Å². The number of benzene rings is 1. The van der Waals surface area contributed by atoms with E-state index in [1.807, 2.05) is 0 Å². The highest BCUT2D eigenvalue weighted by Gasteiger charge is 2.10. The first-order chi connectivity index (χ1) is 7.22. The van der Waals surface area contributed by atoms with Crippen LogP contribution in [0.3, 0.4) is 0 Å². The SMILES string of the molecule is CC(C)Cc1[nH]c2ccccc2c1CN. The van der Waals surface area contributed by atoms with E-state index in [1.54, 1.807) is 0 Å². The molecule has 3 N–H and O–H groups in total. The maximum atomic E-state index is 5.82. The van der Waals surface area contributed by atoms with E-state index in [4.69, 9.17) is 5.73 Å². The summed E-state index contributed by atoms with van der Waals surface area (Å²) in [6.45, 7) is 5.07. The molecule has 15 heavy (non-hydrogen) atoms. The van der Waals surface area contributed by atoms with E-state index in [-0.39, 0.29) is 0 Å². The van der Waals surface area contributed by atoms with E-state index >= 15 is 0 Å². The van der Waals surface area contributed by atoms with Crippen molar-refractivity contribution in [3.05, 3.63) is 35.5 Å². The van der Waals surface area contributed by atoms with Crippen LogP contribution in [0.25, 0.3) is 10.9 Å². The Morgan fingerprint density at radius 2 is 2.00 bits per heavy atom. The first-order valence-corrected chi connectivity index (χ1v) is 5.51. The molecule has 0 fully saturated rings. The number of fused-ring (bicyclic) bond motifs is 1. The molecule has 0 unspecified atom stereocenters. The summed E-state index contributed by atoms with van der Waals surface area (Å²) in [5, 5.41) is 1.27. The lowest BCUT2D eigenvalue weighted by atomic mass is 10.0. The van der Waals surface area contributed by atoms with Crippen LogP contribution >= 0.6 is 0 Å². The van der Waals surface area contributed by atoms with Crippen LogP contribution in [-0.4, -0.2) is 4.98 Å². The third-order valence-corrected chi connectivity index (χ3v) is 2.72. The normalized spacial score (nSPS) is 11.5. The van der Waals surface area contributed by atoms with E-state index in [0.29, 0.717) is 12.5 Å². The predicted octanol–water partition coefficient (Wildman–Crippen LogP) is 2.83. The van der Waals surface area contributed by atoms with Gasteiger partial charge in [0.25, 0.3) is 0 Å². The van der Waals surface area contributed by atoms with Crippen molar-refractivity contribution >= 4 is 10.9 Å². The van der Waals surface area contributed by atoms with E-state index in [0.717, 1.165) is 6.42 Å². The zero-order valence-electron chi connectivity index (χ0n) is 9.38. The van der Waals surface area contributed by atoms with Crippen molar-refractivity contribution in [2.45, 2.75) is 26.8 Å². The van der Waals surface area contributed by atoms with Crippen LogP contribution in [0.15, 0.2) is 24.3 Å². The molecule has 0 spiro atoms. The van der Waals surface area contributed by atoms with Gasteiger partial charge in [-0.05, 0) is 24.0 Å². The molecule has 0 radical (unpaired) electrons. The Morgan fingerprint density at radius 1 is 1.27 bits per heavy atom. The van der Waals surface area contributed by atoms with Crippen LogP contribution in [0.5, 0.6) is 0 Å². The second kappa shape index (κ2) is 4.07. The van der Waals surface area contributed by atoms with Crippen LogP contribution in [0.2, 0.25) is 0 Å². The standard InChI is InChI=1S/C13H18N2/c1-9(2)7-13-11(8-14)10-5-3-4-6-12(10)15-13/h3-6,9,15H,7-8,14H2,1-2H3. The molecular formula is C13H18N2. The summed E-state index contributed by atoms with van der Waals surface area (Å²) in [6, 6.07) is 8.36. The summed E-state index contributed by atoms with van der Waals surface area (Å²) < 4.78 is 0. The molecule has 2 rings (SSSR count). The number of hydrogen-bond donors (Lipinski definition) is 2. The molecule has 80 valence electrons. The van der Waals surface area contributed by atoms with Gasteiger partial charge in [-0.1, -0.05) is 32.0 Å². The van der Waals surface area contributed by atoms with Crippen molar-refractivity contribution in [3.63, 3.8) is 0 Å². The molecule has 0 bridgehead atoms. The minimum Gasteiger partial charge on any atom is -0.358 e. The number of H-pyrrole nitrogens is 1. The van der Waals surface area contributed by atoms with Crippen molar-refractivity contribution in [2.75, 3.05) is 0 Å². The Kier molecular flexibility index (Phi) is 2.78. The maximum Gasteiger partial charge on any atom is 0.0459 e. The fourth-order valence-corrected chi connectivity index (χ4v) is 2.07. The highest BCUT2D eigenvalue weighted by molar-refractivity contribution is 5.84. The summed E-state index contributed by atoms with van der Waals surface area (Å²) in [6.07, 6.45) is 1.07. The third-order valence-electron chi connectivity index (χ3n) is 2.72. The van der Waals surface area contributed by atoms with Gasteiger partial charge in [0.2, 0.25) is 0 Å². The van der Waals surface area contributed by atoms with Gasteiger partial charge in [0.1, 0.15) is 0 Å². The van der Waals surface area contributed by atoms with Crippen LogP contribution in [-0.2, 0) is 13.0 Å². The van der Waals surface area contributed by atoms with Gasteiger partial charge in [-0.15, -0.1) is 0 Å². The van der Waals surface area contributed by atoms with Crippen molar-refractivity contribution in [2.24, 2.45) is 11.7 Å². The summed E-state index contributed by atoms with van der Waals surface area (Å²) in [4.78, 5) is 3.47. The molecule has 1 heterocycles. The molecule has 0 aliphatic heterocycles. The Balaban J connectivity index is 2.54. The fraction of sp³-hybridized carbons (Fsp3) is 0.385. The van der Waals surface area contributed by atoms with E-state index in [2.05, 4.69) is 43.1 Å². The number of aromatic amines is 1.